The van der Waals surface area contributed by atoms with Crippen LogP contribution in [0.25, 0.3) is 0 Å². The van der Waals surface area contributed by atoms with Crippen molar-refractivity contribution in [2.24, 2.45) is 0 Å². The Balaban J connectivity index is 1.74. The van der Waals surface area contributed by atoms with Crippen LogP contribution in [0.2, 0.25) is 0 Å². The lowest BCUT2D eigenvalue weighted by Crippen LogP contribution is -1.96. The van der Waals surface area contributed by atoms with Crippen LogP contribution >= 0.6 is 0 Å². The van der Waals surface area contributed by atoms with Crippen molar-refractivity contribution in [2.45, 2.75) is 6.92 Å². The Hall–Kier alpha value is -3.08. The minimum atomic E-state index is 0.467. The van der Waals surface area contributed by atoms with Gasteiger partial charge in [-0.1, -0.05) is 17.7 Å². The van der Waals surface area contributed by atoms with Crippen molar-refractivity contribution >= 4 is 17.2 Å². The number of nitrogens with one attached hydrogen (secondary N) is 1. The highest BCUT2D eigenvalue weighted by atomic mass is 16.5. The molecule has 110 valence electrons. The van der Waals surface area contributed by atoms with Gasteiger partial charge in [0.15, 0.2) is 0 Å². The number of nitrogens with two attached hydrogens (primary N) is 1. The summed E-state index contributed by atoms with van der Waals surface area (Å²) >= 11 is 0. The Morgan fingerprint density at radius 2 is 1.68 bits per heavy atom. The maximum atomic E-state index is 5.68. The molecule has 3 N–H and O–H groups in total. The molecular weight excluding hydrogens is 276 g/mol. The molecule has 0 unspecified atom stereocenters. The quantitative estimate of drug-likeness (QED) is 0.713. The zero-order valence-electron chi connectivity index (χ0n) is 12.2. The molecule has 22 heavy (non-hydrogen) atoms. The van der Waals surface area contributed by atoms with Crippen molar-refractivity contribution in [2.75, 3.05) is 11.1 Å². The van der Waals surface area contributed by atoms with Crippen LogP contribution in [0, 0.1) is 6.92 Å². The van der Waals surface area contributed by atoms with E-state index in [-0.39, 0.29) is 0 Å². The summed E-state index contributed by atoms with van der Waals surface area (Å²) in [5.41, 5.74) is 8.51. The molecule has 1 aromatic heterocycles. The molecule has 0 amide bonds. The third kappa shape index (κ3) is 3.52. The third-order valence-electron chi connectivity index (χ3n) is 3.07. The summed E-state index contributed by atoms with van der Waals surface area (Å²) in [5.74, 6) is 1.81. The minimum Gasteiger partial charge on any atom is -0.439 e. The summed E-state index contributed by atoms with van der Waals surface area (Å²) in [4.78, 5) is 8.30. The molecule has 5 nitrogen and oxygen atoms in total. The molecule has 0 atom stereocenters. The van der Waals surface area contributed by atoms with Crippen LogP contribution in [0.15, 0.2) is 60.9 Å². The van der Waals surface area contributed by atoms with Crippen LogP contribution in [0.5, 0.6) is 11.6 Å². The highest BCUT2D eigenvalue weighted by Crippen LogP contribution is 2.23. The number of hydrogen-bond acceptors (Lipinski definition) is 5. The van der Waals surface area contributed by atoms with Crippen LogP contribution in [-0.4, -0.2) is 9.97 Å². The first-order valence-corrected chi connectivity index (χ1v) is 6.88. The molecule has 0 aliphatic carbocycles. The van der Waals surface area contributed by atoms with Crippen LogP contribution in [0.1, 0.15) is 5.56 Å². The second-order valence-corrected chi connectivity index (χ2v) is 4.90. The largest absolute Gasteiger partial charge is 0.439 e. The molecule has 0 radical (unpaired) electrons. The molecule has 0 bridgehead atoms. The second kappa shape index (κ2) is 6.13. The van der Waals surface area contributed by atoms with E-state index in [1.54, 1.807) is 30.3 Å². The van der Waals surface area contributed by atoms with E-state index < -0.39 is 0 Å². The van der Waals surface area contributed by atoms with Crippen molar-refractivity contribution in [1.82, 2.24) is 9.97 Å². The van der Waals surface area contributed by atoms with E-state index in [4.69, 9.17) is 10.5 Å². The number of hydrogen-bond donors (Lipinski definition) is 2. The highest BCUT2D eigenvalue weighted by Gasteiger charge is 2.02. The van der Waals surface area contributed by atoms with Gasteiger partial charge in [0.25, 0.3) is 0 Å². The van der Waals surface area contributed by atoms with Gasteiger partial charge in [-0.3, -0.25) is 0 Å². The SMILES string of the molecule is Cc1ccc(Nc2cc(Oc3ccc(N)cc3)ncn2)cc1. The summed E-state index contributed by atoms with van der Waals surface area (Å²) in [6.45, 7) is 2.05. The Labute approximate surface area is 128 Å². The van der Waals surface area contributed by atoms with Gasteiger partial charge >= 0.3 is 0 Å². The molecule has 0 aliphatic heterocycles. The van der Waals surface area contributed by atoms with Gasteiger partial charge in [-0.25, -0.2) is 9.97 Å². The summed E-state index contributed by atoms with van der Waals surface area (Å²) in [7, 11) is 0. The fourth-order valence-corrected chi connectivity index (χ4v) is 1.91. The van der Waals surface area contributed by atoms with Crippen LogP contribution in [-0.2, 0) is 0 Å². The minimum absolute atomic E-state index is 0.467. The van der Waals surface area contributed by atoms with Crippen LogP contribution in [0.4, 0.5) is 17.2 Å². The van der Waals surface area contributed by atoms with E-state index in [0.29, 0.717) is 23.1 Å². The Morgan fingerprint density at radius 3 is 2.41 bits per heavy atom. The van der Waals surface area contributed by atoms with Gasteiger partial charge in [0.05, 0.1) is 0 Å². The average Bonchev–Trinajstić information content (AvgIpc) is 2.52. The summed E-state index contributed by atoms with van der Waals surface area (Å²) in [6.07, 6.45) is 1.46. The first-order valence-electron chi connectivity index (χ1n) is 6.88. The maximum absolute atomic E-state index is 5.68. The lowest BCUT2D eigenvalue weighted by atomic mass is 10.2. The lowest BCUT2D eigenvalue weighted by Gasteiger charge is -2.08. The summed E-state index contributed by atoms with van der Waals surface area (Å²) in [5, 5.41) is 3.22. The molecule has 5 heteroatoms. The van der Waals surface area contributed by atoms with Crippen molar-refractivity contribution in [3.8, 4) is 11.6 Å². The first kappa shape index (κ1) is 13.9. The van der Waals surface area contributed by atoms with E-state index in [1.807, 2.05) is 31.2 Å². The van der Waals surface area contributed by atoms with Crippen molar-refractivity contribution in [3.63, 3.8) is 0 Å². The lowest BCUT2D eigenvalue weighted by molar-refractivity contribution is 0.462. The number of nitrogens with zero attached hydrogens (tertiary/aromatic N) is 2. The van der Waals surface area contributed by atoms with Gasteiger partial charge in [0, 0.05) is 17.4 Å². The van der Waals surface area contributed by atoms with Gasteiger partial charge in [-0.15, -0.1) is 0 Å². The predicted octanol–water partition coefficient (Wildman–Crippen LogP) is 3.90. The Kier molecular flexibility index (Phi) is 3.87. The molecule has 3 aromatic rings. The number of aryl methyl sites for hydroxylation is 1. The van der Waals surface area contributed by atoms with Crippen molar-refractivity contribution < 1.29 is 4.74 Å². The number of rotatable bonds is 4. The standard InChI is InChI=1S/C17H16N4O/c1-12-2-6-14(7-3-12)21-16-10-17(20-11-19-16)22-15-8-4-13(18)5-9-15/h2-11H,18H2,1H3,(H,19,20,21). The smallest absolute Gasteiger partial charge is 0.224 e. The zero-order chi connectivity index (χ0) is 15.4. The molecule has 0 aliphatic rings. The van der Waals surface area contributed by atoms with Crippen LogP contribution in [0.3, 0.4) is 0 Å². The second-order valence-electron chi connectivity index (χ2n) is 4.90. The molecule has 1 heterocycles. The zero-order valence-corrected chi connectivity index (χ0v) is 12.2. The number of aromatic nitrogens is 2. The molecule has 0 saturated heterocycles. The Bertz CT molecular complexity index is 692. The fraction of sp³-hybridized carbons (Fsp3) is 0.0588. The van der Waals surface area contributed by atoms with E-state index in [1.165, 1.54) is 11.9 Å². The van der Waals surface area contributed by atoms with E-state index >= 15 is 0 Å². The van der Waals surface area contributed by atoms with Crippen molar-refractivity contribution in [3.05, 3.63) is 66.5 Å². The topological polar surface area (TPSA) is 73.1 Å². The average molecular weight is 292 g/mol. The number of ether oxygens (including phenoxy) is 1. The molecular formula is C17H16N4O. The number of nitrogen functional groups attached to an aromatic ring is 1. The first-order chi connectivity index (χ1) is 10.7. The highest BCUT2D eigenvalue weighted by molar-refractivity contribution is 5.57. The van der Waals surface area contributed by atoms with Gasteiger partial charge < -0.3 is 15.8 Å². The van der Waals surface area contributed by atoms with E-state index in [2.05, 4.69) is 15.3 Å². The third-order valence-corrected chi connectivity index (χ3v) is 3.07. The van der Waals surface area contributed by atoms with Crippen LogP contribution < -0.4 is 15.8 Å². The number of anilines is 3. The molecule has 0 spiro atoms. The van der Waals surface area contributed by atoms with Gasteiger partial charge in [0.1, 0.15) is 17.9 Å². The van der Waals surface area contributed by atoms with E-state index in [0.717, 1.165) is 5.69 Å². The maximum Gasteiger partial charge on any atom is 0.224 e. The Morgan fingerprint density at radius 1 is 0.955 bits per heavy atom. The normalized spacial score (nSPS) is 10.2. The molecule has 3 rings (SSSR count). The van der Waals surface area contributed by atoms with Gasteiger partial charge in [0.2, 0.25) is 5.88 Å². The van der Waals surface area contributed by atoms with Crippen molar-refractivity contribution in [1.29, 1.82) is 0 Å². The predicted molar refractivity (Wildman–Crippen MR) is 87.4 cm³/mol. The summed E-state index contributed by atoms with van der Waals surface area (Å²) in [6, 6.07) is 17.0. The molecule has 0 fully saturated rings. The fourth-order valence-electron chi connectivity index (χ4n) is 1.91. The van der Waals surface area contributed by atoms with Gasteiger partial charge in [-0.2, -0.15) is 0 Å². The van der Waals surface area contributed by atoms with Gasteiger partial charge in [-0.05, 0) is 43.3 Å². The number of benzene rings is 2. The molecule has 2 aromatic carbocycles. The van der Waals surface area contributed by atoms with E-state index in [9.17, 15) is 0 Å². The monoisotopic (exact) mass is 292 g/mol. The summed E-state index contributed by atoms with van der Waals surface area (Å²) < 4.78 is 5.68. The molecule has 0 saturated carbocycles.